The average molecular weight is 334 g/mol. The molecule has 0 radical (unpaired) electrons. The number of aromatic nitrogens is 3. The number of benzene rings is 2. The van der Waals surface area contributed by atoms with Gasteiger partial charge in [-0.1, -0.05) is 6.07 Å². The second-order valence-corrected chi connectivity index (χ2v) is 5.35. The molecule has 0 spiro atoms. The lowest BCUT2D eigenvalue weighted by molar-refractivity contribution is -0.111. The van der Waals surface area contributed by atoms with Gasteiger partial charge in [0.15, 0.2) is 17.3 Å². The molecule has 2 heterocycles. The molecule has 0 aliphatic carbocycles. The molecule has 1 aliphatic heterocycles. The number of hydrogen-bond donors (Lipinski definition) is 2. The number of rotatable bonds is 4. The van der Waals surface area contributed by atoms with Gasteiger partial charge in [0.1, 0.15) is 6.33 Å². The van der Waals surface area contributed by atoms with Gasteiger partial charge in [-0.3, -0.25) is 9.89 Å². The summed E-state index contributed by atoms with van der Waals surface area (Å²) in [5, 5.41) is 9.41. The van der Waals surface area contributed by atoms with Crippen LogP contribution in [0.1, 0.15) is 5.56 Å². The summed E-state index contributed by atoms with van der Waals surface area (Å²) in [6.45, 7) is 0.229. The molecule has 124 valence electrons. The third-order valence-electron chi connectivity index (χ3n) is 3.66. The van der Waals surface area contributed by atoms with Crippen molar-refractivity contribution in [2.24, 2.45) is 0 Å². The number of hydrogen-bond acceptors (Lipinski definition) is 5. The first kappa shape index (κ1) is 14.9. The minimum atomic E-state index is -0.218. The number of ether oxygens (including phenoxy) is 2. The first-order valence-electron chi connectivity index (χ1n) is 7.62. The highest BCUT2D eigenvalue weighted by atomic mass is 16.7. The van der Waals surface area contributed by atoms with Crippen molar-refractivity contribution in [1.82, 2.24) is 15.2 Å². The molecule has 1 aliphatic rings. The summed E-state index contributed by atoms with van der Waals surface area (Å²) in [7, 11) is 0. The Balaban J connectivity index is 1.40. The van der Waals surface area contributed by atoms with Gasteiger partial charge in [0, 0.05) is 17.3 Å². The van der Waals surface area contributed by atoms with E-state index in [1.807, 2.05) is 42.5 Å². The number of nitrogens with one attached hydrogen (secondary N) is 2. The van der Waals surface area contributed by atoms with Crippen molar-refractivity contribution in [3.05, 3.63) is 60.4 Å². The smallest absolute Gasteiger partial charge is 0.248 e. The zero-order valence-corrected chi connectivity index (χ0v) is 13.1. The van der Waals surface area contributed by atoms with Gasteiger partial charge in [0.25, 0.3) is 0 Å². The second kappa shape index (κ2) is 6.48. The second-order valence-electron chi connectivity index (χ2n) is 5.35. The van der Waals surface area contributed by atoms with Crippen LogP contribution in [0.25, 0.3) is 17.5 Å². The van der Waals surface area contributed by atoms with E-state index >= 15 is 0 Å². The molecule has 1 amide bonds. The topological polar surface area (TPSA) is 89.1 Å². The fraction of sp³-hybridized carbons (Fsp3) is 0.0556. The number of carbonyl (C=O) groups excluding carboxylic acids is 1. The first-order valence-corrected chi connectivity index (χ1v) is 7.62. The summed E-state index contributed by atoms with van der Waals surface area (Å²) >= 11 is 0. The maximum absolute atomic E-state index is 12.1. The van der Waals surface area contributed by atoms with Crippen LogP contribution in [0.5, 0.6) is 11.5 Å². The molecular weight excluding hydrogens is 320 g/mol. The summed E-state index contributed by atoms with van der Waals surface area (Å²) in [6.07, 6.45) is 4.65. The Morgan fingerprint density at radius 2 is 1.96 bits per heavy atom. The summed E-state index contributed by atoms with van der Waals surface area (Å²) < 4.78 is 10.6. The van der Waals surface area contributed by atoms with Gasteiger partial charge in [-0.05, 0) is 48.0 Å². The first-order chi connectivity index (χ1) is 12.3. The van der Waals surface area contributed by atoms with Crippen LogP contribution in [-0.4, -0.2) is 27.9 Å². The minimum absolute atomic E-state index is 0.218. The molecule has 25 heavy (non-hydrogen) atoms. The normalized spacial score (nSPS) is 12.5. The largest absolute Gasteiger partial charge is 0.454 e. The van der Waals surface area contributed by atoms with Gasteiger partial charge in [0.05, 0.1) is 0 Å². The lowest BCUT2D eigenvalue weighted by Crippen LogP contribution is -2.07. The molecule has 2 aromatic carbocycles. The number of nitrogens with zero attached hydrogens (tertiary/aromatic N) is 2. The SMILES string of the molecule is O=C(C=Cc1ccc2c(c1)OCO2)Nc1ccc(-c2ncn[nH]2)cc1. The van der Waals surface area contributed by atoms with Crippen molar-refractivity contribution in [2.45, 2.75) is 0 Å². The van der Waals surface area contributed by atoms with Crippen molar-refractivity contribution < 1.29 is 14.3 Å². The van der Waals surface area contributed by atoms with Gasteiger partial charge >= 0.3 is 0 Å². The molecule has 0 saturated carbocycles. The van der Waals surface area contributed by atoms with Crippen LogP contribution in [-0.2, 0) is 4.79 Å². The molecular formula is C18H14N4O3. The van der Waals surface area contributed by atoms with Crippen LogP contribution >= 0.6 is 0 Å². The lowest BCUT2D eigenvalue weighted by atomic mass is 10.2. The molecule has 0 bridgehead atoms. The van der Waals surface area contributed by atoms with Crippen LogP contribution in [0, 0.1) is 0 Å². The fourth-order valence-electron chi connectivity index (χ4n) is 2.43. The third kappa shape index (κ3) is 3.35. The van der Waals surface area contributed by atoms with Gasteiger partial charge < -0.3 is 14.8 Å². The van der Waals surface area contributed by atoms with E-state index in [2.05, 4.69) is 20.5 Å². The van der Waals surface area contributed by atoms with Crippen molar-refractivity contribution >= 4 is 17.7 Å². The third-order valence-corrected chi connectivity index (χ3v) is 3.66. The maximum Gasteiger partial charge on any atom is 0.248 e. The Labute approximate surface area is 143 Å². The molecule has 7 nitrogen and oxygen atoms in total. The van der Waals surface area contributed by atoms with E-state index < -0.39 is 0 Å². The molecule has 4 rings (SSSR count). The highest BCUT2D eigenvalue weighted by molar-refractivity contribution is 6.02. The van der Waals surface area contributed by atoms with E-state index in [1.54, 1.807) is 6.08 Å². The van der Waals surface area contributed by atoms with E-state index in [0.29, 0.717) is 23.0 Å². The molecule has 0 fully saturated rings. The number of fused-ring (bicyclic) bond motifs is 1. The number of H-pyrrole nitrogens is 1. The quantitative estimate of drug-likeness (QED) is 0.716. The Morgan fingerprint density at radius 3 is 2.76 bits per heavy atom. The summed E-state index contributed by atoms with van der Waals surface area (Å²) in [5.74, 6) is 1.87. The Bertz CT molecular complexity index is 918. The number of aromatic amines is 1. The highest BCUT2D eigenvalue weighted by Gasteiger charge is 2.12. The fourth-order valence-corrected chi connectivity index (χ4v) is 2.43. The van der Waals surface area contributed by atoms with Gasteiger partial charge in [0.2, 0.25) is 12.7 Å². The van der Waals surface area contributed by atoms with Gasteiger partial charge in [-0.15, -0.1) is 0 Å². The van der Waals surface area contributed by atoms with E-state index in [0.717, 1.165) is 11.1 Å². The van der Waals surface area contributed by atoms with Gasteiger partial charge in [-0.25, -0.2) is 4.98 Å². The zero-order chi connectivity index (χ0) is 17.1. The Kier molecular flexibility index (Phi) is 3.88. The summed E-state index contributed by atoms with van der Waals surface area (Å²) in [5.41, 5.74) is 2.45. The maximum atomic E-state index is 12.1. The van der Waals surface area contributed by atoms with Crippen LogP contribution in [0.2, 0.25) is 0 Å². The molecule has 1 aromatic heterocycles. The van der Waals surface area contributed by atoms with Crippen LogP contribution in [0.3, 0.4) is 0 Å². The van der Waals surface area contributed by atoms with Gasteiger partial charge in [-0.2, -0.15) is 5.10 Å². The molecule has 2 N–H and O–H groups in total. The number of anilines is 1. The van der Waals surface area contributed by atoms with Crippen molar-refractivity contribution in [3.8, 4) is 22.9 Å². The average Bonchev–Trinajstić information content (AvgIpc) is 3.32. The van der Waals surface area contributed by atoms with E-state index in [1.165, 1.54) is 12.4 Å². The predicted molar refractivity (Wildman–Crippen MR) is 92.0 cm³/mol. The zero-order valence-electron chi connectivity index (χ0n) is 13.1. The van der Waals surface area contributed by atoms with E-state index in [9.17, 15) is 4.79 Å². The Morgan fingerprint density at radius 1 is 1.12 bits per heavy atom. The summed E-state index contributed by atoms with van der Waals surface area (Å²) in [6, 6.07) is 12.9. The van der Waals surface area contributed by atoms with Crippen molar-refractivity contribution in [3.63, 3.8) is 0 Å². The predicted octanol–water partition coefficient (Wildman–Crippen LogP) is 2.85. The Hall–Kier alpha value is -3.61. The van der Waals surface area contributed by atoms with E-state index in [4.69, 9.17) is 9.47 Å². The molecule has 0 atom stereocenters. The molecule has 0 unspecified atom stereocenters. The number of carbonyl (C=O) groups is 1. The monoisotopic (exact) mass is 334 g/mol. The molecule has 0 saturated heterocycles. The summed E-state index contributed by atoms with van der Waals surface area (Å²) in [4.78, 5) is 16.1. The highest BCUT2D eigenvalue weighted by Crippen LogP contribution is 2.32. The van der Waals surface area contributed by atoms with Crippen LogP contribution in [0.15, 0.2) is 54.9 Å². The lowest BCUT2D eigenvalue weighted by Gasteiger charge is -2.03. The van der Waals surface area contributed by atoms with Crippen molar-refractivity contribution in [1.29, 1.82) is 0 Å². The number of amides is 1. The minimum Gasteiger partial charge on any atom is -0.454 e. The van der Waals surface area contributed by atoms with Crippen LogP contribution in [0.4, 0.5) is 5.69 Å². The molecule has 3 aromatic rings. The van der Waals surface area contributed by atoms with E-state index in [-0.39, 0.29) is 12.7 Å². The standard InChI is InChI=1S/C18H14N4O3/c23-17(8-2-12-1-7-15-16(9-12)25-11-24-15)21-14-5-3-13(4-6-14)18-19-10-20-22-18/h1-10H,11H2,(H,21,23)(H,19,20,22). The van der Waals surface area contributed by atoms with Crippen molar-refractivity contribution in [2.75, 3.05) is 12.1 Å². The molecule has 7 heteroatoms. The van der Waals surface area contributed by atoms with Crippen LogP contribution < -0.4 is 14.8 Å².